The maximum absolute atomic E-state index is 12.4. The Labute approximate surface area is 152 Å². The number of carbonyl (C=O) groups is 1. The number of nitrogens with one attached hydrogen (secondary N) is 1. The molecule has 1 saturated carbocycles. The summed E-state index contributed by atoms with van der Waals surface area (Å²) in [5.74, 6) is 0.512. The van der Waals surface area contributed by atoms with Gasteiger partial charge in [0.2, 0.25) is 0 Å². The van der Waals surface area contributed by atoms with Crippen LogP contribution in [0.25, 0.3) is 11.3 Å². The molecule has 1 aliphatic rings. The van der Waals surface area contributed by atoms with Gasteiger partial charge in [-0.15, -0.1) is 36.2 Å². The Morgan fingerprint density at radius 2 is 2.00 bits per heavy atom. The molecule has 1 fully saturated rings. The van der Waals surface area contributed by atoms with Crippen molar-refractivity contribution in [2.45, 2.75) is 25.8 Å². The first-order valence-electron chi connectivity index (χ1n) is 7.22. The zero-order chi connectivity index (χ0) is 14.8. The molecule has 4 nitrogen and oxygen atoms in total. The van der Waals surface area contributed by atoms with Crippen LogP contribution in [0.5, 0.6) is 0 Å². The highest BCUT2D eigenvalue weighted by Gasteiger charge is 2.29. The summed E-state index contributed by atoms with van der Waals surface area (Å²) in [4.78, 5) is 17.6. The highest BCUT2D eigenvalue weighted by molar-refractivity contribution is 7.14. The van der Waals surface area contributed by atoms with Crippen LogP contribution in [-0.2, 0) is 0 Å². The minimum Gasteiger partial charge on any atom is -0.350 e. The van der Waals surface area contributed by atoms with Crippen molar-refractivity contribution in [1.29, 1.82) is 0 Å². The van der Waals surface area contributed by atoms with Crippen LogP contribution in [0.1, 0.15) is 27.5 Å². The summed E-state index contributed by atoms with van der Waals surface area (Å²) < 4.78 is 0. The minimum absolute atomic E-state index is 0. The molecule has 1 aromatic carbocycles. The molecule has 3 rings (SSSR count). The van der Waals surface area contributed by atoms with E-state index in [0.717, 1.165) is 16.3 Å². The number of carbonyl (C=O) groups excluding carboxylic acids is 1. The molecule has 126 valence electrons. The lowest BCUT2D eigenvalue weighted by molar-refractivity contribution is 0.0955. The summed E-state index contributed by atoms with van der Waals surface area (Å²) in [6.45, 7) is 2.46. The summed E-state index contributed by atoms with van der Waals surface area (Å²) in [7, 11) is 0. The van der Waals surface area contributed by atoms with E-state index in [1.807, 2.05) is 37.3 Å². The summed E-state index contributed by atoms with van der Waals surface area (Å²) in [5.41, 5.74) is 7.76. The quantitative estimate of drug-likeness (QED) is 0.843. The maximum Gasteiger partial charge on any atom is 0.263 e. The molecule has 0 spiro atoms. The Morgan fingerprint density at radius 3 is 2.61 bits per heavy atom. The van der Waals surface area contributed by atoms with Crippen molar-refractivity contribution in [1.82, 2.24) is 10.3 Å². The first kappa shape index (κ1) is 19.9. The van der Waals surface area contributed by atoms with Gasteiger partial charge in [0, 0.05) is 18.2 Å². The Balaban J connectivity index is 0.00000132. The molecule has 1 heterocycles. The van der Waals surface area contributed by atoms with Crippen molar-refractivity contribution in [2.24, 2.45) is 11.7 Å². The van der Waals surface area contributed by atoms with E-state index in [4.69, 9.17) is 5.73 Å². The second kappa shape index (κ2) is 8.64. The van der Waals surface area contributed by atoms with Gasteiger partial charge in [-0.3, -0.25) is 4.79 Å². The average Bonchev–Trinajstić information content (AvgIpc) is 3.28. The highest BCUT2D eigenvalue weighted by atomic mass is 35.5. The fraction of sp³-hybridized carbons (Fsp3) is 0.375. The van der Waals surface area contributed by atoms with Crippen molar-refractivity contribution in [3.63, 3.8) is 0 Å². The number of nitrogens with two attached hydrogens (primary N) is 1. The summed E-state index contributed by atoms with van der Waals surface area (Å²) in [6.07, 6.45) is 2.37. The van der Waals surface area contributed by atoms with Crippen LogP contribution in [0.15, 0.2) is 30.3 Å². The Morgan fingerprint density at radius 1 is 1.35 bits per heavy atom. The second-order valence-corrected chi connectivity index (χ2v) is 6.69. The molecule has 1 aromatic heterocycles. The van der Waals surface area contributed by atoms with E-state index in [1.165, 1.54) is 24.2 Å². The average molecular weight is 374 g/mol. The van der Waals surface area contributed by atoms with E-state index < -0.39 is 0 Å². The van der Waals surface area contributed by atoms with E-state index in [-0.39, 0.29) is 36.8 Å². The van der Waals surface area contributed by atoms with Crippen LogP contribution >= 0.6 is 36.2 Å². The van der Waals surface area contributed by atoms with Crippen LogP contribution in [0.2, 0.25) is 0 Å². The number of aryl methyl sites for hydroxylation is 1. The predicted octanol–water partition coefficient (Wildman–Crippen LogP) is 3.43. The molecule has 1 aliphatic carbocycles. The number of thiazole rings is 1. The number of halogens is 2. The molecule has 7 heteroatoms. The SMILES string of the molecule is Cc1nc(-c2ccccc2)c(C(=O)NCC(N)C2CC2)s1.Cl.Cl. The number of hydrogen-bond acceptors (Lipinski definition) is 4. The number of nitrogens with zero attached hydrogens (tertiary/aromatic N) is 1. The van der Waals surface area contributed by atoms with E-state index in [9.17, 15) is 4.79 Å². The van der Waals surface area contributed by atoms with Crippen molar-refractivity contribution < 1.29 is 4.79 Å². The molecule has 3 N–H and O–H groups in total. The first-order valence-corrected chi connectivity index (χ1v) is 8.03. The monoisotopic (exact) mass is 373 g/mol. The third kappa shape index (κ3) is 4.91. The Hall–Kier alpha value is -1.14. The molecule has 0 radical (unpaired) electrons. The molecular weight excluding hydrogens is 353 g/mol. The molecule has 2 aromatic rings. The molecule has 1 atom stereocenters. The van der Waals surface area contributed by atoms with Crippen molar-refractivity contribution in [3.05, 3.63) is 40.2 Å². The number of aromatic nitrogens is 1. The van der Waals surface area contributed by atoms with Gasteiger partial charge in [-0.1, -0.05) is 30.3 Å². The van der Waals surface area contributed by atoms with Crippen molar-refractivity contribution >= 4 is 42.1 Å². The number of benzene rings is 1. The zero-order valence-corrected chi connectivity index (χ0v) is 15.3. The summed E-state index contributed by atoms with van der Waals surface area (Å²) >= 11 is 1.43. The summed E-state index contributed by atoms with van der Waals surface area (Å²) in [5, 5.41) is 3.84. The molecular formula is C16H21Cl2N3OS. The third-order valence-electron chi connectivity index (χ3n) is 3.71. The Kier molecular flexibility index (Phi) is 7.48. The molecule has 0 aliphatic heterocycles. The van der Waals surface area contributed by atoms with Crippen LogP contribution in [-0.4, -0.2) is 23.5 Å². The molecule has 23 heavy (non-hydrogen) atoms. The summed E-state index contributed by atoms with van der Waals surface area (Å²) in [6, 6.07) is 9.88. The largest absolute Gasteiger partial charge is 0.350 e. The van der Waals surface area contributed by atoms with Gasteiger partial charge in [0.15, 0.2) is 0 Å². The number of hydrogen-bond donors (Lipinski definition) is 2. The van der Waals surface area contributed by atoms with Gasteiger partial charge in [-0.05, 0) is 25.7 Å². The van der Waals surface area contributed by atoms with Gasteiger partial charge in [0.25, 0.3) is 5.91 Å². The Bertz CT molecular complexity index is 644. The zero-order valence-electron chi connectivity index (χ0n) is 12.8. The minimum atomic E-state index is -0.0736. The van der Waals surface area contributed by atoms with E-state index >= 15 is 0 Å². The standard InChI is InChI=1S/C16H19N3OS.2ClH/c1-10-19-14(12-5-3-2-4-6-12)15(21-10)16(20)18-9-13(17)11-7-8-11;;/h2-6,11,13H,7-9,17H2,1H3,(H,18,20);2*1H. The second-order valence-electron chi connectivity index (χ2n) is 5.49. The van der Waals surface area contributed by atoms with Gasteiger partial charge < -0.3 is 11.1 Å². The van der Waals surface area contributed by atoms with Gasteiger partial charge in [0.05, 0.1) is 10.7 Å². The lowest BCUT2D eigenvalue weighted by atomic mass is 10.1. The topological polar surface area (TPSA) is 68.0 Å². The number of amides is 1. The van der Waals surface area contributed by atoms with Crippen LogP contribution < -0.4 is 11.1 Å². The smallest absolute Gasteiger partial charge is 0.263 e. The lowest BCUT2D eigenvalue weighted by Gasteiger charge is -2.11. The van der Waals surface area contributed by atoms with Crippen LogP contribution in [0.4, 0.5) is 0 Å². The van der Waals surface area contributed by atoms with Gasteiger partial charge >= 0.3 is 0 Å². The first-order chi connectivity index (χ1) is 10.1. The van der Waals surface area contributed by atoms with Gasteiger partial charge in [-0.25, -0.2) is 4.98 Å². The van der Waals surface area contributed by atoms with Gasteiger partial charge in [0.1, 0.15) is 4.88 Å². The molecule has 0 saturated heterocycles. The highest BCUT2D eigenvalue weighted by Crippen LogP contribution is 2.31. The van der Waals surface area contributed by atoms with E-state index in [1.54, 1.807) is 0 Å². The van der Waals surface area contributed by atoms with E-state index in [2.05, 4.69) is 10.3 Å². The van der Waals surface area contributed by atoms with E-state index in [0.29, 0.717) is 17.3 Å². The van der Waals surface area contributed by atoms with Gasteiger partial charge in [-0.2, -0.15) is 0 Å². The van der Waals surface area contributed by atoms with Crippen LogP contribution in [0.3, 0.4) is 0 Å². The maximum atomic E-state index is 12.4. The van der Waals surface area contributed by atoms with Crippen LogP contribution in [0, 0.1) is 12.8 Å². The fourth-order valence-corrected chi connectivity index (χ4v) is 3.21. The van der Waals surface area contributed by atoms with Crippen molar-refractivity contribution in [3.8, 4) is 11.3 Å². The molecule has 1 amide bonds. The predicted molar refractivity (Wildman–Crippen MR) is 99.8 cm³/mol. The van der Waals surface area contributed by atoms with Crippen molar-refractivity contribution in [2.75, 3.05) is 6.54 Å². The number of rotatable bonds is 5. The lowest BCUT2D eigenvalue weighted by Crippen LogP contribution is -2.38. The normalized spacial score (nSPS) is 14.3. The fourth-order valence-electron chi connectivity index (χ4n) is 2.35. The molecule has 0 bridgehead atoms. The molecule has 1 unspecified atom stereocenters. The third-order valence-corrected chi connectivity index (χ3v) is 4.68.